The Bertz CT molecular complexity index is 1340. The number of thiazole rings is 1. The van der Waals surface area contributed by atoms with Crippen molar-refractivity contribution >= 4 is 48.3 Å². The number of carbonyl (C=O) groups excluding carboxylic acids is 1. The molecule has 0 saturated heterocycles. The Morgan fingerprint density at radius 3 is 2.61 bits per heavy atom. The van der Waals surface area contributed by atoms with Crippen LogP contribution in [0.2, 0.25) is 0 Å². The molecule has 0 aliphatic heterocycles. The highest BCUT2D eigenvalue weighted by Crippen LogP contribution is 2.29. The molecule has 0 aliphatic rings. The lowest BCUT2D eigenvalue weighted by molar-refractivity contribution is 0.102. The quantitative estimate of drug-likeness (QED) is 0.421. The van der Waals surface area contributed by atoms with E-state index in [-0.39, 0.29) is 10.8 Å². The molecule has 7 nitrogen and oxygen atoms in total. The topological polar surface area (TPSA) is 97.4 Å². The van der Waals surface area contributed by atoms with E-state index in [4.69, 9.17) is 4.74 Å². The van der Waals surface area contributed by atoms with Gasteiger partial charge in [0.25, 0.3) is 15.9 Å². The molecule has 1 aromatic heterocycles. The van der Waals surface area contributed by atoms with Gasteiger partial charge in [-0.2, -0.15) is 0 Å². The highest BCUT2D eigenvalue weighted by molar-refractivity contribution is 7.92. The van der Waals surface area contributed by atoms with Crippen LogP contribution in [0, 0.1) is 0 Å². The third kappa shape index (κ3) is 4.84. The van der Waals surface area contributed by atoms with Crippen LogP contribution in [0.4, 0.5) is 10.8 Å². The first-order chi connectivity index (χ1) is 14.9. The number of amides is 1. The molecule has 0 spiro atoms. The molecule has 2 N–H and O–H groups in total. The van der Waals surface area contributed by atoms with Gasteiger partial charge in [-0.05, 0) is 55.5 Å². The SMILES string of the molecule is CCOc1ccc2nc(NC(=O)c3cccc(NS(=O)(=O)c4ccccc4)c3)sc2c1. The summed E-state index contributed by atoms with van der Waals surface area (Å²) >= 11 is 1.34. The molecule has 31 heavy (non-hydrogen) atoms. The van der Waals surface area contributed by atoms with Crippen LogP contribution in [0.25, 0.3) is 10.2 Å². The maximum absolute atomic E-state index is 12.7. The van der Waals surface area contributed by atoms with Crippen LogP contribution in [0.15, 0.2) is 77.7 Å². The van der Waals surface area contributed by atoms with Gasteiger partial charge in [0.2, 0.25) is 0 Å². The number of nitrogens with one attached hydrogen (secondary N) is 2. The van der Waals surface area contributed by atoms with Crippen molar-refractivity contribution in [2.45, 2.75) is 11.8 Å². The van der Waals surface area contributed by atoms with Crippen LogP contribution in [-0.2, 0) is 10.0 Å². The number of benzene rings is 3. The van der Waals surface area contributed by atoms with Crippen molar-refractivity contribution in [2.75, 3.05) is 16.6 Å². The van der Waals surface area contributed by atoms with Gasteiger partial charge in [-0.3, -0.25) is 14.8 Å². The zero-order valence-electron chi connectivity index (χ0n) is 16.5. The lowest BCUT2D eigenvalue weighted by Gasteiger charge is -2.09. The fourth-order valence-electron chi connectivity index (χ4n) is 2.92. The van der Waals surface area contributed by atoms with Gasteiger partial charge < -0.3 is 4.74 Å². The molecule has 0 atom stereocenters. The fourth-order valence-corrected chi connectivity index (χ4v) is 4.88. The van der Waals surface area contributed by atoms with Gasteiger partial charge in [-0.1, -0.05) is 35.6 Å². The molecule has 1 amide bonds. The van der Waals surface area contributed by atoms with E-state index in [0.29, 0.717) is 23.0 Å². The third-order valence-electron chi connectivity index (χ3n) is 4.32. The van der Waals surface area contributed by atoms with E-state index in [2.05, 4.69) is 15.0 Å². The van der Waals surface area contributed by atoms with Gasteiger partial charge in [0.05, 0.1) is 21.7 Å². The second-order valence-electron chi connectivity index (χ2n) is 6.54. The standard InChI is InChI=1S/C22H19N3O4S2/c1-2-29-17-11-12-19-20(14-17)30-22(23-19)24-21(26)15-7-6-8-16(13-15)25-31(27,28)18-9-4-3-5-10-18/h3-14,25H,2H2,1H3,(H,23,24,26). The monoisotopic (exact) mass is 453 g/mol. The summed E-state index contributed by atoms with van der Waals surface area (Å²) in [5.41, 5.74) is 1.36. The average molecular weight is 454 g/mol. The number of ether oxygens (including phenoxy) is 1. The number of sulfonamides is 1. The molecular weight excluding hydrogens is 434 g/mol. The van der Waals surface area contributed by atoms with Crippen molar-refractivity contribution in [1.82, 2.24) is 4.98 Å². The summed E-state index contributed by atoms with van der Waals surface area (Å²) < 4.78 is 33.9. The van der Waals surface area contributed by atoms with Crippen LogP contribution in [0.1, 0.15) is 17.3 Å². The Labute approximate surface area is 183 Å². The number of fused-ring (bicyclic) bond motifs is 1. The molecule has 1 heterocycles. The maximum Gasteiger partial charge on any atom is 0.261 e. The van der Waals surface area contributed by atoms with Gasteiger partial charge in [0, 0.05) is 11.3 Å². The van der Waals surface area contributed by atoms with Crippen LogP contribution < -0.4 is 14.8 Å². The number of carbonyl (C=O) groups is 1. The van der Waals surface area contributed by atoms with Gasteiger partial charge in [0.15, 0.2) is 5.13 Å². The van der Waals surface area contributed by atoms with E-state index >= 15 is 0 Å². The van der Waals surface area contributed by atoms with E-state index in [1.165, 1.54) is 29.5 Å². The predicted octanol–water partition coefficient (Wildman–Crippen LogP) is 4.75. The summed E-state index contributed by atoms with van der Waals surface area (Å²) in [5.74, 6) is 0.361. The first-order valence-corrected chi connectivity index (χ1v) is 11.8. The zero-order chi connectivity index (χ0) is 21.8. The summed E-state index contributed by atoms with van der Waals surface area (Å²) in [5, 5.41) is 3.22. The normalized spacial score (nSPS) is 11.3. The van der Waals surface area contributed by atoms with Crippen LogP contribution in [0.5, 0.6) is 5.75 Å². The molecule has 9 heteroatoms. The summed E-state index contributed by atoms with van der Waals surface area (Å²) in [6.45, 7) is 2.48. The second-order valence-corrected chi connectivity index (χ2v) is 9.25. The fraction of sp³-hybridized carbons (Fsp3) is 0.0909. The van der Waals surface area contributed by atoms with E-state index in [1.54, 1.807) is 36.4 Å². The lowest BCUT2D eigenvalue weighted by atomic mass is 10.2. The molecule has 0 bridgehead atoms. The Hall–Kier alpha value is -3.43. The number of anilines is 2. The number of nitrogens with zero attached hydrogens (tertiary/aromatic N) is 1. The molecule has 0 saturated carbocycles. The maximum atomic E-state index is 12.7. The smallest absolute Gasteiger partial charge is 0.261 e. The first kappa shape index (κ1) is 20.8. The van der Waals surface area contributed by atoms with Gasteiger partial charge in [-0.25, -0.2) is 13.4 Å². The average Bonchev–Trinajstić information content (AvgIpc) is 3.16. The molecule has 158 valence electrons. The van der Waals surface area contributed by atoms with Crippen molar-refractivity contribution in [2.24, 2.45) is 0 Å². The van der Waals surface area contributed by atoms with E-state index in [9.17, 15) is 13.2 Å². The lowest BCUT2D eigenvalue weighted by Crippen LogP contribution is -2.15. The predicted molar refractivity (Wildman–Crippen MR) is 122 cm³/mol. The Balaban J connectivity index is 1.51. The minimum atomic E-state index is -3.74. The number of hydrogen-bond donors (Lipinski definition) is 2. The molecule has 0 aliphatic carbocycles. The van der Waals surface area contributed by atoms with Crippen molar-refractivity contribution < 1.29 is 17.9 Å². The molecule has 4 aromatic rings. The van der Waals surface area contributed by atoms with Gasteiger partial charge >= 0.3 is 0 Å². The highest BCUT2D eigenvalue weighted by atomic mass is 32.2. The number of rotatable bonds is 7. The summed E-state index contributed by atoms with van der Waals surface area (Å²) in [7, 11) is -3.74. The second kappa shape index (κ2) is 8.75. The molecule has 0 radical (unpaired) electrons. The largest absolute Gasteiger partial charge is 0.494 e. The molecule has 3 aromatic carbocycles. The van der Waals surface area contributed by atoms with Crippen LogP contribution >= 0.6 is 11.3 Å². The van der Waals surface area contributed by atoms with Gasteiger partial charge in [-0.15, -0.1) is 0 Å². The Morgan fingerprint density at radius 1 is 1.03 bits per heavy atom. The zero-order valence-corrected chi connectivity index (χ0v) is 18.2. The van der Waals surface area contributed by atoms with E-state index in [1.807, 2.05) is 25.1 Å². The van der Waals surface area contributed by atoms with E-state index < -0.39 is 10.0 Å². The van der Waals surface area contributed by atoms with Crippen molar-refractivity contribution in [3.8, 4) is 5.75 Å². The number of aromatic nitrogens is 1. The number of hydrogen-bond acceptors (Lipinski definition) is 6. The van der Waals surface area contributed by atoms with Crippen molar-refractivity contribution in [1.29, 1.82) is 0 Å². The summed E-state index contributed by atoms with van der Waals surface area (Å²) in [6.07, 6.45) is 0. The summed E-state index contributed by atoms with van der Waals surface area (Å²) in [4.78, 5) is 17.3. The minimum Gasteiger partial charge on any atom is -0.494 e. The minimum absolute atomic E-state index is 0.144. The highest BCUT2D eigenvalue weighted by Gasteiger charge is 2.15. The van der Waals surface area contributed by atoms with Crippen LogP contribution in [-0.4, -0.2) is 25.9 Å². The third-order valence-corrected chi connectivity index (χ3v) is 6.65. The van der Waals surface area contributed by atoms with Crippen molar-refractivity contribution in [3.05, 3.63) is 78.4 Å². The molecule has 0 unspecified atom stereocenters. The van der Waals surface area contributed by atoms with Crippen molar-refractivity contribution in [3.63, 3.8) is 0 Å². The van der Waals surface area contributed by atoms with Gasteiger partial charge in [0.1, 0.15) is 5.75 Å². The Kier molecular flexibility index (Phi) is 5.88. The Morgan fingerprint density at radius 2 is 1.84 bits per heavy atom. The molecular formula is C22H19N3O4S2. The molecule has 0 fully saturated rings. The molecule has 4 rings (SSSR count). The summed E-state index contributed by atoms with van der Waals surface area (Å²) in [6, 6.07) is 19.9. The van der Waals surface area contributed by atoms with E-state index in [0.717, 1.165) is 16.0 Å². The van der Waals surface area contributed by atoms with Crippen LogP contribution in [0.3, 0.4) is 0 Å². The first-order valence-electron chi connectivity index (χ1n) is 9.47.